The summed E-state index contributed by atoms with van der Waals surface area (Å²) in [7, 11) is 0. The molecule has 134 valence electrons. The van der Waals surface area contributed by atoms with Gasteiger partial charge >= 0.3 is 0 Å². The predicted molar refractivity (Wildman–Crippen MR) is 109 cm³/mol. The third-order valence-corrected chi connectivity index (χ3v) is 5.11. The monoisotopic (exact) mass is 375 g/mol. The second-order valence-electron chi connectivity index (χ2n) is 6.08. The lowest BCUT2D eigenvalue weighted by Crippen LogP contribution is -2.11. The second kappa shape index (κ2) is 8.06. The average molecular weight is 375 g/mol. The fourth-order valence-electron chi connectivity index (χ4n) is 2.84. The first kappa shape index (κ1) is 17.3. The van der Waals surface area contributed by atoms with Gasteiger partial charge in [-0.05, 0) is 65.5 Å². The number of nitrogens with one attached hydrogen (secondary N) is 1. The molecule has 0 aliphatic rings. The van der Waals surface area contributed by atoms with E-state index in [0.717, 1.165) is 22.7 Å². The minimum Gasteiger partial charge on any atom is -0.457 e. The minimum atomic E-state index is -0.230. The fourth-order valence-corrected chi connectivity index (χ4v) is 3.64. The standard InChI is InChI=1S/C23H18FNOS/c24-18-10-8-17(9-11-18)23(22-7-4-16-27-22)25-19-12-14-21(15-13-19)26-20-5-2-1-3-6-20/h1-16,23,25H. The molecule has 27 heavy (non-hydrogen) atoms. The molecule has 0 aliphatic carbocycles. The molecule has 1 atom stereocenters. The Morgan fingerprint density at radius 2 is 1.44 bits per heavy atom. The first-order valence-electron chi connectivity index (χ1n) is 8.66. The van der Waals surface area contributed by atoms with Crippen LogP contribution in [0.3, 0.4) is 0 Å². The third kappa shape index (κ3) is 4.36. The van der Waals surface area contributed by atoms with Crippen molar-refractivity contribution in [2.24, 2.45) is 0 Å². The molecule has 2 nitrogen and oxygen atoms in total. The highest BCUT2D eigenvalue weighted by Gasteiger charge is 2.15. The van der Waals surface area contributed by atoms with E-state index in [-0.39, 0.29) is 11.9 Å². The summed E-state index contributed by atoms with van der Waals surface area (Å²) in [6, 6.07) is 28.2. The van der Waals surface area contributed by atoms with Crippen molar-refractivity contribution >= 4 is 17.0 Å². The number of thiophene rings is 1. The van der Waals surface area contributed by atoms with Crippen LogP contribution >= 0.6 is 11.3 Å². The summed E-state index contributed by atoms with van der Waals surface area (Å²) in [6.07, 6.45) is 0. The van der Waals surface area contributed by atoms with Gasteiger partial charge in [-0.1, -0.05) is 36.4 Å². The van der Waals surface area contributed by atoms with Gasteiger partial charge in [0.05, 0.1) is 6.04 Å². The van der Waals surface area contributed by atoms with Crippen molar-refractivity contribution in [3.8, 4) is 11.5 Å². The smallest absolute Gasteiger partial charge is 0.127 e. The SMILES string of the molecule is Fc1ccc(C(Nc2ccc(Oc3ccccc3)cc2)c2cccs2)cc1. The summed E-state index contributed by atoms with van der Waals surface area (Å²) >= 11 is 1.67. The second-order valence-corrected chi connectivity index (χ2v) is 7.06. The van der Waals surface area contributed by atoms with E-state index in [4.69, 9.17) is 4.74 Å². The summed E-state index contributed by atoms with van der Waals surface area (Å²) in [5, 5.41) is 5.59. The fraction of sp³-hybridized carbons (Fsp3) is 0.0435. The lowest BCUT2D eigenvalue weighted by molar-refractivity contribution is 0.483. The van der Waals surface area contributed by atoms with Crippen molar-refractivity contribution < 1.29 is 9.13 Å². The topological polar surface area (TPSA) is 21.3 Å². The van der Waals surface area contributed by atoms with Gasteiger partial charge in [-0.3, -0.25) is 0 Å². The van der Waals surface area contributed by atoms with E-state index in [1.54, 1.807) is 11.3 Å². The molecule has 0 bridgehead atoms. The number of hydrogen-bond donors (Lipinski definition) is 1. The number of ether oxygens (including phenoxy) is 1. The van der Waals surface area contributed by atoms with E-state index >= 15 is 0 Å². The molecule has 0 radical (unpaired) electrons. The van der Waals surface area contributed by atoms with Gasteiger partial charge in [0.25, 0.3) is 0 Å². The Labute approximate surface area is 161 Å². The van der Waals surface area contributed by atoms with E-state index in [9.17, 15) is 4.39 Å². The highest BCUT2D eigenvalue weighted by atomic mass is 32.1. The van der Waals surface area contributed by atoms with Crippen molar-refractivity contribution in [3.05, 3.63) is 113 Å². The van der Waals surface area contributed by atoms with Crippen molar-refractivity contribution in [2.75, 3.05) is 5.32 Å². The molecule has 0 spiro atoms. The molecule has 1 aromatic heterocycles. The van der Waals surface area contributed by atoms with E-state index in [1.165, 1.54) is 17.0 Å². The number of benzene rings is 3. The molecule has 4 aromatic rings. The van der Waals surface area contributed by atoms with Gasteiger partial charge in [0.15, 0.2) is 0 Å². The molecular weight excluding hydrogens is 357 g/mol. The van der Waals surface area contributed by atoms with Crippen LogP contribution in [0.15, 0.2) is 96.4 Å². The largest absolute Gasteiger partial charge is 0.457 e. The number of rotatable bonds is 6. The van der Waals surface area contributed by atoms with Crippen LogP contribution in [-0.4, -0.2) is 0 Å². The maximum absolute atomic E-state index is 13.3. The molecule has 1 unspecified atom stereocenters. The van der Waals surface area contributed by atoms with Gasteiger partial charge in [-0.15, -0.1) is 11.3 Å². The van der Waals surface area contributed by atoms with Gasteiger partial charge in [0.2, 0.25) is 0 Å². The number of halogens is 1. The maximum atomic E-state index is 13.3. The lowest BCUT2D eigenvalue weighted by atomic mass is 10.0. The highest BCUT2D eigenvalue weighted by molar-refractivity contribution is 7.10. The first-order valence-corrected chi connectivity index (χ1v) is 9.54. The van der Waals surface area contributed by atoms with Crippen LogP contribution in [0.2, 0.25) is 0 Å². The van der Waals surface area contributed by atoms with Crippen LogP contribution < -0.4 is 10.1 Å². The third-order valence-electron chi connectivity index (χ3n) is 4.18. The van der Waals surface area contributed by atoms with Crippen LogP contribution in [0.25, 0.3) is 0 Å². The van der Waals surface area contributed by atoms with E-state index < -0.39 is 0 Å². The van der Waals surface area contributed by atoms with E-state index in [2.05, 4.69) is 11.4 Å². The van der Waals surface area contributed by atoms with Gasteiger partial charge in [0.1, 0.15) is 17.3 Å². The zero-order valence-electron chi connectivity index (χ0n) is 14.5. The summed E-state index contributed by atoms with van der Waals surface area (Å²) < 4.78 is 19.2. The molecule has 0 amide bonds. The lowest BCUT2D eigenvalue weighted by Gasteiger charge is -2.19. The molecule has 0 aliphatic heterocycles. The Balaban J connectivity index is 1.53. The number of anilines is 1. The molecule has 1 N–H and O–H groups in total. The summed E-state index contributed by atoms with van der Waals surface area (Å²) in [5.41, 5.74) is 1.99. The maximum Gasteiger partial charge on any atom is 0.127 e. The molecular formula is C23H18FNOS. The van der Waals surface area contributed by atoms with Crippen LogP contribution in [0.4, 0.5) is 10.1 Å². The Morgan fingerprint density at radius 3 is 2.11 bits per heavy atom. The van der Waals surface area contributed by atoms with Crippen molar-refractivity contribution in [3.63, 3.8) is 0 Å². The molecule has 0 saturated heterocycles. The predicted octanol–water partition coefficient (Wildman–Crippen LogP) is 6.88. The molecule has 0 fully saturated rings. The van der Waals surface area contributed by atoms with Gasteiger partial charge in [0, 0.05) is 10.6 Å². The van der Waals surface area contributed by atoms with E-state index in [1.807, 2.05) is 78.2 Å². The van der Waals surface area contributed by atoms with Crippen molar-refractivity contribution in [1.82, 2.24) is 0 Å². The van der Waals surface area contributed by atoms with Crippen LogP contribution in [0, 0.1) is 5.82 Å². The summed E-state index contributed by atoms with van der Waals surface area (Å²) in [6.45, 7) is 0. The van der Waals surface area contributed by atoms with Crippen LogP contribution in [-0.2, 0) is 0 Å². The van der Waals surface area contributed by atoms with Gasteiger partial charge in [-0.2, -0.15) is 0 Å². The summed E-state index contributed by atoms with van der Waals surface area (Å²) in [5.74, 6) is 1.35. The molecule has 3 aromatic carbocycles. The van der Waals surface area contributed by atoms with Crippen LogP contribution in [0.1, 0.15) is 16.5 Å². The number of hydrogen-bond acceptors (Lipinski definition) is 3. The molecule has 1 heterocycles. The van der Waals surface area contributed by atoms with Crippen molar-refractivity contribution in [1.29, 1.82) is 0 Å². The highest BCUT2D eigenvalue weighted by Crippen LogP contribution is 2.31. The van der Waals surface area contributed by atoms with Gasteiger partial charge in [-0.25, -0.2) is 4.39 Å². The Hall–Kier alpha value is -3.11. The normalized spacial score (nSPS) is 11.7. The quantitative estimate of drug-likeness (QED) is 0.396. The number of para-hydroxylation sites is 1. The Kier molecular flexibility index (Phi) is 5.17. The van der Waals surface area contributed by atoms with Crippen molar-refractivity contribution in [2.45, 2.75) is 6.04 Å². The first-order chi connectivity index (χ1) is 13.3. The average Bonchev–Trinajstić information content (AvgIpc) is 3.24. The Morgan fingerprint density at radius 1 is 0.741 bits per heavy atom. The zero-order chi connectivity index (χ0) is 18.5. The van der Waals surface area contributed by atoms with Gasteiger partial charge < -0.3 is 10.1 Å². The zero-order valence-corrected chi connectivity index (χ0v) is 15.3. The summed E-state index contributed by atoms with van der Waals surface area (Å²) in [4.78, 5) is 1.17. The van der Waals surface area contributed by atoms with Crippen LogP contribution in [0.5, 0.6) is 11.5 Å². The molecule has 4 heteroatoms. The molecule has 0 saturated carbocycles. The molecule has 4 rings (SSSR count). The minimum absolute atomic E-state index is 0.0357. The Bertz CT molecular complexity index is 967. The van der Waals surface area contributed by atoms with E-state index in [0.29, 0.717) is 0 Å².